The second-order valence-electron chi connectivity index (χ2n) is 4.30. The summed E-state index contributed by atoms with van der Waals surface area (Å²) >= 11 is 4.31. The number of thioether (sulfide) groups is 2. The third kappa shape index (κ3) is 4.72. The van der Waals surface area contributed by atoms with Crippen molar-refractivity contribution in [2.45, 2.75) is 49.7 Å². The molecule has 0 aromatic heterocycles. The molecule has 1 aliphatic rings. The van der Waals surface area contributed by atoms with Crippen molar-refractivity contribution in [3.63, 3.8) is 0 Å². The van der Waals surface area contributed by atoms with Crippen molar-refractivity contribution >= 4 is 23.5 Å². The van der Waals surface area contributed by atoms with E-state index in [4.69, 9.17) is 0 Å². The lowest BCUT2D eigenvalue weighted by molar-refractivity contribution is 0.462. The SMILES string of the molecule is C=CCCCC(NCC)C1SCCSC1C. The zero-order chi connectivity index (χ0) is 11.8. The van der Waals surface area contributed by atoms with Gasteiger partial charge in [-0.05, 0) is 25.8 Å². The summed E-state index contributed by atoms with van der Waals surface area (Å²) in [5.41, 5.74) is 0. The third-order valence-electron chi connectivity index (χ3n) is 3.02. The van der Waals surface area contributed by atoms with Gasteiger partial charge in [0.05, 0.1) is 0 Å². The maximum Gasteiger partial charge on any atom is 0.0317 e. The zero-order valence-corrected chi connectivity index (χ0v) is 12.2. The number of rotatable bonds is 7. The van der Waals surface area contributed by atoms with Crippen LogP contribution in [0.1, 0.15) is 33.1 Å². The van der Waals surface area contributed by atoms with Crippen molar-refractivity contribution < 1.29 is 0 Å². The fourth-order valence-electron chi connectivity index (χ4n) is 2.22. The van der Waals surface area contributed by atoms with Gasteiger partial charge in [-0.2, -0.15) is 23.5 Å². The molecule has 1 nitrogen and oxygen atoms in total. The van der Waals surface area contributed by atoms with Crippen molar-refractivity contribution in [3.05, 3.63) is 12.7 Å². The predicted molar refractivity (Wildman–Crippen MR) is 79.7 cm³/mol. The van der Waals surface area contributed by atoms with Gasteiger partial charge in [0.1, 0.15) is 0 Å². The minimum Gasteiger partial charge on any atom is -0.313 e. The van der Waals surface area contributed by atoms with Crippen LogP contribution in [0.4, 0.5) is 0 Å². The topological polar surface area (TPSA) is 12.0 Å². The Morgan fingerprint density at radius 3 is 2.81 bits per heavy atom. The van der Waals surface area contributed by atoms with Crippen molar-refractivity contribution in [2.75, 3.05) is 18.1 Å². The molecule has 0 saturated carbocycles. The number of allylic oxidation sites excluding steroid dienone is 1. The second-order valence-corrected chi connectivity index (χ2v) is 7.07. The molecule has 3 atom stereocenters. The highest BCUT2D eigenvalue weighted by atomic mass is 32.2. The molecule has 94 valence electrons. The van der Waals surface area contributed by atoms with Crippen LogP contribution in [0, 0.1) is 0 Å². The summed E-state index contributed by atoms with van der Waals surface area (Å²) in [6.45, 7) is 9.49. The Hall–Kier alpha value is 0.400. The average molecular weight is 259 g/mol. The summed E-state index contributed by atoms with van der Waals surface area (Å²) in [6.07, 6.45) is 5.76. The minimum atomic E-state index is 0.692. The number of hydrogen-bond donors (Lipinski definition) is 1. The predicted octanol–water partition coefficient (Wildman–Crippen LogP) is 3.56. The second kappa shape index (κ2) is 8.48. The molecule has 3 heteroatoms. The maximum absolute atomic E-state index is 3.80. The van der Waals surface area contributed by atoms with E-state index < -0.39 is 0 Å². The first-order valence-corrected chi connectivity index (χ1v) is 8.46. The summed E-state index contributed by atoms with van der Waals surface area (Å²) in [6, 6.07) is 0.692. The Morgan fingerprint density at radius 1 is 1.44 bits per heavy atom. The molecular weight excluding hydrogens is 234 g/mol. The van der Waals surface area contributed by atoms with Crippen LogP contribution in [0.25, 0.3) is 0 Å². The van der Waals surface area contributed by atoms with Gasteiger partial charge < -0.3 is 5.32 Å². The number of nitrogens with one attached hydrogen (secondary N) is 1. The third-order valence-corrected chi connectivity index (χ3v) is 6.27. The first-order chi connectivity index (χ1) is 7.79. The van der Waals surface area contributed by atoms with E-state index in [0.29, 0.717) is 6.04 Å². The van der Waals surface area contributed by atoms with Crippen molar-refractivity contribution in [1.29, 1.82) is 0 Å². The summed E-state index contributed by atoms with van der Waals surface area (Å²) in [5.74, 6) is 2.65. The standard InChI is InChI=1S/C13H25NS2/c1-4-6-7-8-12(14-5-2)13-11(3)15-9-10-16-13/h4,11-14H,1,5-10H2,2-3H3. The van der Waals surface area contributed by atoms with Crippen LogP contribution in [0.2, 0.25) is 0 Å². The van der Waals surface area contributed by atoms with Crippen LogP contribution in [0.3, 0.4) is 0 Å². The highest BCUT2D eigenvalue weighted by Gasteiger charge is 2.29. The van der Waals surface area contributed by atoms with Crippen LogP contribution in [0.5, 0.6) is 0 Å². The first kappa shape index (κ1) is 14.5. The molecule has 0 radical (unpaired) electrons. The van der Waals surface area contributed by atoms with Gasteiger partial charge in [0.25, 0.3) is 0 Å². The van der Waals surface area contributed by atoms with Crippen LogP contribution in [-0.2, 0) is 0 Å². The average Bonchev–Trinajstić information content (AvgIpc) is 2.29. The Morgan fingerprint density at radius 2 is 2.19 bits per heavy atom. The van der Waals surface area contributed by atoms with Crippen molar-refractivity contribution in [2.24, 2.45) is 0 Å². The van der Waals surface area contributed by atoms with E-state index in [1.807, 2.05) is 6.08 Å². The van der Waals surface area contributed by atoms with Crippen molar-refractivity contribution in [1.82, 2.24) is 5.32 Å². The summed E-state index contributed by atoms with van der Waals surface area (Å²) in [5, 5.41) is 5.27. The lowest BCUT2D eigenvalue weighted by atomic mass is 10.0. The Labute approximate surface area is 109 Å². The highest BCUT2D eigenvalue weighted by Crippen LogP contribution is 2.34. The van der Waals surface area contributed by atoms with Gasteiger partial charge in [-0.1, -0.05) is 19.9 Å². The number of hydrogen-bond acceptors (Lipinski definition) is 3. The molecule has 3 unspecified atom stereocenters. The Kier molecular flexibility index (Phi) is 7.67. The molecule has 0 amide bonds. The van der Waals surface area contributed by atoms with Gasteiger partial charge in [-0.25, -0.2) is 0 Å². The van der Waals surface area contributed by atoms with Gasteiger partial charge in [-0.3, -0.25) is 0 Å². The minimum absolute atomic E-state index is 0.692. The molecule has 1 saturated heterocycles. The molecule has 1 aliphatic heterocycles. The summed E-state index contributed by atoms with van der Waals surface area (Å²) in [7, 11) is 0. The van der Waals surface area contributed by atoms with E-state index in [0.717, 1.165) is 23.5 Å². The molecule has 0 spiro atoms. The molecule has 1 rings (SSSR count). The number of unbranched alkanes of at least 4 members (excludes halogenated alkanes) is 1. The molecule has 0 aromatic rings. The Balaban J connectivity index is 2.42. The molecule has 16 heavy (non-hydrogen) atoms. The van der Waals surface area contributed by atoms with Crippen molar-refractivity contribution in [3.8, 4) is 0 Å². The molecule has 1 heterocycles. The van der Waals surface area contributed by atoms with Crippen LogP contribution in [0.15, 0.2) is 12.7 Å². The van der Waals surface area contributed by atoms with E-state index in [1.54, 1.807) is 0 Å². The van der Waals surface area contributed by atoms with E-state index in [2.05, 4.69) is 49.3 Å². The largest absolute Gasteiger partial charge is 0.313 e. The summed E-state index contributed by atoms with van der Waals surface area (Å²) in [4.78, 5) is 0. The lowest BCUT2D eigenvalue weighted by Crippen LogP contribution is -2.44. The first-order valence-electron chi connectivity index (χ1n) is 6.37. The Bertz CT molecular complexity index is 196. The van der Waals surface area contributed by atoms with Gasteiger partial charge in [0.15, 0.2) is 0 Å². The lowest BCUT2D eigenvalue weighted by Gasteiger charge is -2.35. The fourth-order valence-corrected chi connectivity index (χ4v) is 5.22. The normalized spacial score (nSPS) is 27.6. The zero-order valence-electron chi connectivity index (χ0n) is 10.6. The van der Waals surface area contributed by atoms with E-state index >= 15 is 0 Å². The highest BCUT2D eigenvalue weighted by molar-refractivity contribution is 8.07. The molecule has 1 N–H and O–H groups in total. The van der Waals surface area contributed by atoms with Gasteiger partial charge in [0, 0.05) is 28.0 Å². The molecule has 0 aromatic carbocycles. The fraction of sp³-hybridized carbons (Fsp3) is 0.846. The smallest absolute Gasteiger partial charge is 0.0317 e. The van der Waals surface area contributed by atoms with E-state index in [1.165, 1.54) is 24.3 Å². The quantitative estimate of drug-likeness (QED) is 0.554. The van der Waals surface area contributed by atoms with Crippen LogP contribution in [-0.4, -0.2) is 34.6 Å². The molecule has 1 fully saturated rings. The molecular formula is C13H25NS2. The van der Waals surface area contributed by atoms with Gasteiger partial charge in [-0.15, -0.1) is 6.58 Å². The molecule has 0 aliphatic carbocycles. The molecule has 0 bridgehead atoms. The summed E-state index contributed by atoms with van der Waals surface area (Å²) < 4.78 is 0. The van der Waals surface area contributed by atoms with Gasteiger partial charge in [0.2, 0.25) is 0 Å². The van der Waals surface area contributed by atoms with Crippen LogP contribution < -0.4 is 5.32 Å². The van der Waals surface area contributed by atoms with E-state index in [9.17, 15) is 0 Å². The van der Waals surface area contributed by atoms with Crippen LogP contribution >= 0.6 is 23.5 Å². The maximum atomic E-state index is 3.80. The van der Waals surface area contributed by atoms with Gasteiger partial charge >= 0.3 is 0 Å². The van der Waals surface area contributed by atoms with E-state index in [-0.39, 0.29) is 0 Å². The monoisotopic (exact) mass is 259 g/mol.